The molecule has 0 aromatic heterocycles. The molecule has 4 rings (SSSR count). The van der Waals surface area contributed by atoms with Crippen LogP contribution in [-0.2, 0) is 6.42 Å². The van der Waals surface area contributed by atoms with E-state index in [0.717, 1.165) is 12.8 Å². The molecule has 0 spiro atoms. The molecule has 0 bridgehead atoms. The van der Waals surface area contributed by atoms with Crippen LogP contribution in [0.4, 0.5) is 0 Å². The van der Waals surface area contributed by atoms with Crippen LogP contribution in [0.3, 0.4) is 0 Å². The molecule has 0 heteroatoms. The zero-order valence-corrected chi connectivity index (χ0v) is 11.1. The second kappa shape index (κ2) is 3.96. The van der Waals surface area contributed by atoms with E-state index in [4.69, 9.17) is 0 Å². The lowest BCUT2D eigenvalue weighted by Gasteiger charge is -2.18. The third-order valence-corrected chi connectivity index (χ3v) is 4.18. The molecule has 0 unspecified atom stereocenters. The van der Waals surface area contributed by atoms with Gasteiger partial charge in [0.25, 0.3) is 0 Å². The minimum absolute atomic E-state index is 1.16. The maximum atomic E-state index is 2.35. The molecular weight excluding hydrogens is 228 g/mol. The number of rotatable bonds is 0. The van der Waals surface area contributed by atoms with Crippen molar-refractivity contribution in [1.29, 1.82) is 0 Å². The van der Waals surface area contributed by atoms with Crippen LogP contribution in [-0.4, -0.2) is 0 Å². The van der Waals surface area contributed by atoms with Crippen LogP contribution in [0.2, 0.25) is 0 Å². The molecule has 0 nitrogen and oxygen atoms in total. The molecular formula is C19H16. The quantitative estimate of drug-likeness (QED) is 0.473. The van der Waals surface area contributed by atoms with Gasteiger partial charge in [0.15, 0.2) is 0 Å². The Bertz CT molecular complexity index is 822. The fourth-order valence-corrected chi connectivity index (χ4v) is 3.29. The third kappa shape index (κ3) is 1.53. The Labute approximate surface area is 113 Å². The van der Waals surface area contributed by atoms with Crippen molar-refractivity contribution in [2.24, 2.45) is 0 Å². The minimum atomic E-state index is 1.16. The van der Waals surface area contributed by atoms with Gasteiger partial charge in [-0.25, -0.2) is 0 Å². The highest BCUT2D eigenvalue weighted by molar-refractivity contribution is 6.13. The van der Waals surface area contributed by atoms with Crippen molar-refractivity contribution in [3.05, 3.63) is 65.2 Å². The Morgan fingerprint density at radius 1 is 0.842 bits per heavy atom. The Kier molecular flexibility index (Phi) is 2.25. The molecule has 0 aliphatic heterocycles. The zero-order chi connectivity index (χ0) is 12.8. The molecule has 1 aliphatic carbocycles. The van der Waals surface area contributed by atoms with E-state index >= 15 is 0 Å². The molecule has 0 radical (unpaired) electrons. The first-order valence-corrected chi connectivity index (χ1v) is 6.95. The Morgan fingerprint density at radius 2 is 1.63 bits per heavy atom. The second-order valence-electron chi connectivity index (χ2n) is 5.43. The molecule has 1 aliphatic rings. The van der Waals surface area contributed by atoms with E-state index in [1.165, 1.54) is 38.2 Å². The van der Waals surface area contributed by atoms with E-state index in [2.05, 4.69) is 61.5 Å². The maximum Gasteiger partial charge on any atom is -0.00992 e. The fraction of sp³-hybridized carbons (Fsp3) is 0.158. The van der Waals surface area contributed by atoms with E-state index in [9.17, 15) is 0 Å². The molecule has 3 aromatic rings. The van der Waals surface area contributed by atoms with Crippen LogP contribution in [0.5, 0.6) is 0 Å². The molecule has 3 aromatic carbocycles. The van der Waals surface area contributed by atoms with Crippen LogP contribution < -0.4 is 0 Å². The van der Waals surface area contributed by atoms with Crippen molar-refractivity contribution in [3.8, 4) is 0 Å². The summed E-state index contributed by atoms with van der Waals surface area (Å²) in [6.07, 6.45) is 6.93. The smallest absolute Gasteiger partial charge is 0.00992 e. The summed E-state index contributed by atoms with van der Waals surface area (Å²) >= 11 is 0. The number of allylic oxidation sites excluding steroid dienone is 1. The summed E-state index contributed by atoms with van der Waals surface area (Å²) in [6.45, 7) is 2.18. The van der Waals surface area contributed by atoms with Gasteiger partial charge in [-0.15, -0.1) is 0 Å². The summed E-state index contributed by atoms with van der Waals surface area (Å²) in [6, 6.07) is 15.6. The van der Waals surface area contributed by atoms with Crippen molar-refractivity contribution in [3.63, 3.8) is 0 Å². The lowest BCUT2D eigenvalue weighted by atomic mass is 9.86. The van der Waals surface area contributed by atoms with Crippen molar-refractivity contribution in [2.45, 2.75) is 19.8 Å². The van der Waals surface area contributed by atoms with Crippen molar-refractivity contribution >= 4 is 27.6 Å². The summed E-state index contributed by atoms with van der Waals surface area (Å²) in [5, 5.41) is 5.61. The number of benzene rings is 3. The van der Waals surface area contributed by atoms with Crippen LogP contribution >= 0.6 is 0 Å². The third-order valence-electron chi connectivity index (χ3n) is 4.18. The summed E-state index contributed by atoms with van der Waals surface area (Å²) < 4.78 is 0. The van der Waals surface area contributed by atoms with Gasteiger partial charge in [-0.3, -0.25) is 0 Å². The molecule has 0 atom stereocenters. The number of hydrogen-bond acceptors (Lipinski definition) is 0. The minimum Gasteiger partial charge on any atom is -0.0836 e. The highest BCUT2D eigenvalue weighted by Crippen LogP contribution is 2.36. The fourth-order valence-electron chi connectivity index (χ4n) is 3.29. The number of aryl methyl sites for hydroxylation is 2. The lowest BCUT2D eigenvalue weighted by molar-refractivity contribution is 1.00. The summed E-state index contributed by atoms with van der Waals surface area (Å²) in [7, 11) is 0. The monoisotopic (exact) mass is 244 g/mol. The molecule has 0 amide bonds. The van der Waals surface area contributed by atoms with Gasteiger partial charge in [0.2, 0.25) is 0 Å². The van der Waals surface area contributed by atoms with Gasteiger partial charge in [0.1, 0.15) is 0 Å². The normalized spacial score (nSPS) is 13.9. The van der Waals surface area contributed by atoms with Gasteiger partial charge in [0, 0.05) is 0 Å². The van der Waals surface area contributed by atoms with E-state index < -0.39 is 0 Å². The standard InChI is InChI=1S/C19H16/c1-13-10-11-18-16-8-3-2-6-14(16)15-7-4-5-9-17(15)19(18)12-13/h2-4,6-8,10-12H,5,9H2,1H3. The van der Waals surface area contributed by atoms with E-state index in [1.54, 1.807) is 0 Å². The second-order valence-corrected chi connectivity index (χ2v) is 5.43. The van der Waals surface area contributed by atoms with Gasteiger partial charge in [0.05, 0.1) is 0 Å². The Hall–Kier alpha value is -2.08. The summed E-state index contributed by atoms with van der Waals surface area (Å²) in [5.74, 6) is 0. The summed E-state index contributed by atoms with van der Waals surface area (Å²) in [4.78, 5) is 0. The Morgan fingerprint density at radius 3 is 2.53 bits per heavy atom. The highest BCUT2D eigenvalue weighted by Gasteiger charge is 2.14. The maximum absolute atomic E-state index is 2.35. The molecule has 0 saturated carbocycles. The van der Waals surface area contributed by atoms with E-state index in [1.807, 2.05) is 0 Å². The number of hydrogen-bond donors (Lipinski definition) is 0. The topological polar surface area (TPSA) is 0 Å². The van der Waals surface area contributed by atoms with Crippen molar-refractivity contribution in [1.82, 2.24) is 0 Å². The van der Waals surface area contributed by atoms with Crippen molar-refractivity contribution < 1.29 is 0 Å². The average Bonchev–Trinajstić information content (AvgIpc) is 2.47. The average molecular weight is 244 g/mol. The van der Waals surface area contributed by atoms with Gasteiger partial charge in [-0.05, 0) is 52.4 Å². The molecule has 92 valence electrons. The highest BCUT2D eigenvalue weighted by atomic mass is 14.2. The SMILES string of the molecule is Cc1ccc2c(c1)c1c(c3ccccc32)C=CCC1. The molecule has 0 saturated heterocycles. The van der Waals surface area contributed by atoms with Crippen LogP contribution in [0.1, 0.15) is 23.1 Å². The van der Waals surface area contributed by atoms with Crippen LogP contribution in [0.25, 0.3) is 27.6 Å². The van der Waals surface area contributed by atoms with Crippen LogP contribution in [0, 0.1) is 6.92 Å². The first-order valence-electron chi connectivity index (χ1n) is 6.95. The molecule has 0 N–H and O–H groups in total. The predicted molar refractivity (Wildman–Crippen MR) is 83.5 cm³/mol. The van der Waals surface area contributed by atoms with Gasteiger partial charge >= 0.3 is 0 Å². The van der Waals surface area contributed by atoms with E-state index in [0.29, 0.717) is 0 Å². The largest absolute Gasteiger partial charge is 0.0836 e. The van der Waals surface area contributed by atoms with E-state index in [-0.39, 0.29) is 0 Å². The molecule has 19 heavy (non-hydrogen) atoms. The molecule has 0 fully saturated rings. The van der Waals surface area contributed by atoms with Gasteiger partial charge in [-0.1, -0.05) is 60.2 Å². The molecule has 0 heterocycles. The van der Waals surface area contributed by atoms with Crippen molar-refractivity contribution in [2.75, 3.05) is 0 Å². The first kappa shape index (κ1) is 10.8. The first-order chi connectivity index (χ1) is 9.34. The predicted octanol–water partition coefficient (Wildman–Crippen LogP) is 5.26. The lowest BCUT2D eigenvalue weighted by Crippen LogP contribution is -1.97. The number of fused-ring (bicyclic) bond motifs is 6. The van der Waals surface area contributed by atoms with Gasteiger partial charge in [-0.2, -0.15) is 0 Å². The van der Waals surface area contributed by atoms with Crippen LogP contribution in [0.15, 0.2) is 48.5 Å². The Balaban J connectivity index is 2.31. The summed E-state index contributed by atoms with van der Waals surface area (Å²) in [5.41, 5.74) is 4.30. The zero-order valence-electron chi connectivity index (χ0n) is 11.1. The van der Waals surface area contributed by atoms with Gasteiger partial charge < -0.3 is 0 Å².